The topological polar surface area (TPSA) is 94.2 Å². The molecule has 2 amide bonds. The highest BCUT2D eigenvalue weighted by Gasteiger charge is 2.31. The van der Waals surface area contributed by atoms with Gasteiger partial charge in [-0.15, -0.1) is 0 Å². The number of nitrogens with one attached hydrogen (secondary N) is 4. The Labute approximate surface area is 257 Å². The second-order valence-corrected chi connectivity index (χ2v) is 10.7. The molecule has 0 radical (unpaired) electrons. The van der Waals surface area contributed by atoms with E-state index in [0.717, 1.165) is 43.7 Å². The second kappa shape index (κ2) is 13.9. The van der Waals surface area contributed by atoms with Gasteiger partial charge >= 0.3 is 12.2 Å². The number of benzene rings is 3. The van der Waals surface area contributed by atoms with Crippen molar-refractivity contribution in [3.8, 4) is 11.1 Å². The van der Waals surface area contributed by atoms with Crippen LogP contribution >= 0.6 is 0 Å². The van der Waals surface area contributed by atoms with Gasteiger partial charge in [0.1, 0.15) is 17.5 Å². The number of halogens is 5. The third-order valence-corrected chi connectivity index (χ3v) is 7.30. The lowest BCUT2D eigenvalue weighted by Crippen LogP contribution is -2.33. The number of anilines is 5. The fourth-order valence-corrected chi connectivity index (χ4v) is 5.01. The maximum absolute atomic E-state index is 15.2. The number of aromatic nitrogens is 2. The van der Waals surface area contributed by atoms with Gasteiger partial charge in [0.05, 0.1) is 16.9 Å². The number of piperidine rings is 1. The molecular formula is C32H32F5N7O. The van der Waals surface area contributed by atoms with E-state index >= 15 is 4.39 Å². The lowest BCUT2D eigenvalue weighted by molar-refractivity contribution is -0.137. The minimum absolute atomic E-state index is 0.262. The molecule has 0 unspecified atom stereocenters. The summed E-state index contributed by atoms with van der Waals surface area (Å²) in [6.45, 7) is 5.45. The van der Waals surface area contributed by atoms with Gasteiger partial charge in [-0.25, -0.2) is 18.6 Å². The van der Waals surface area contributed by atoms with Crippen LogP contribution in [0.15, 0.2) is 66.9 Å². The van der Waals surface area contributed by atoms with Crippen molar-refractivity contribution in [1.29, 1.82) is 0 Å². The zero-order valence-electron chi connectivity index (χ0n) is 24.4. The predicted molar refractivity (Wildman–Crippen MR) is 165 cm³/mol. The molecule has 1 aliphatic heterocycles. The van der Waals surface area contributed by atoms with E-state index in [2.05, 4.69) is 30.8 Å². The Kier molecular flexibility index (Phi) is 9.77. The standard InChI is InChI=1S/C32H32F5N7O/c1-20-6-5-7-23(16-20)40-30-39-19-24(29(43-30)38-12-15-44-13-3-2-4-14-44)21-8-11-27(26(34)17-21)41-31(45)42-28-18-22(32(35,36)37)9-10-25(28)33/h5-11,16-19H,2-4,12-15H2,1H3,(H2,41,42,45)(H2,38,39,40,43). The molecule has 1 saturated heterocycles. The normalized spacial score (nSPS) is 13.7. The number of nitrogens with zero attached hydrogens (tertiary/aromatic N) is 3. The van der Waals surface area contributed by atoms with Crippen molar-refractivity contribution in [3.63, 3.8) is 0 Å². The second-order valence-electron chi connectivity index (χ2n) is 10.7. The largest absolute Gasteiger partial charge is 0.416 e. The van der Waals surface area contributed by atoms with Gasteiger partial charge in [-0.2, -0.15) is 18.2 Å². The molecule has 1 aliphatic rings. The first-order valence-corrected chi connectivity index (χ1v) is 14.5. The number of hydrogen-bond donors (Lipinski definition) is 4. The fourth-order valence-electron chi connectivity index (χ4n) is 5.01. The van der Waals surface area contributed by atoms with Crippen molar-refractivity contribution in [2.24, 2.45) is 0 Å². The monoisotopic (exact) mass is 625 g/mol. The Hall–Kier alpha value is -4.78. The zero-order valence-corrected chi connectivity index (χ0v) is 24.4. The number of carbonyl (C=O) groups excluding carboxylic acids is 1. The van der Waals surface area contributed by atoms with Crippen LogP contribution in [-0.4, -0.2) is 47.1 Å². The van der Waals surface area contributed by atoms with Crippen LogP contribution in [0.2, 0.25) is 0 Å². The van der Waals surface area contributed by atoms with E-state index < -0.39 is 35.1 Å². The number of amides is 2. The first-order chi connectivity index (χ1) is 21.5. The van der Waals surface area contributed by atoms with E-state index in [9.17, 15) is 22.4 Å². The molecule has 3 aromatic carbocycles. The van der Waals surface area contributed by atoms with E-state index in [4.69, 9.17) is 0 Å². The van der Waals surface area contributed by atoms with Crippen molar-refractivity contribution in [3.05, 3.63) is 89.6 Å². The minimum atomic E-state index is -4.73. The van der Waals surface area contributed by atoms with Gasteiger partial charge in [-0.3, -0.25) is 0 Å². The summed E-state index contributed by atoms with van der Waals surface area (Å²) in [4.78, 5) is 23.9. The van der Waals surface area contributed by atoms with Crippen LogP contribution in [0.4, 0.5) is 55.6 Å². The smallest absolute Gasteiger partial charge is 0.368 e. The van der Waals surface area contributed by atoms with Crippen LogP contribution in [0.25, 0.3) is 11.1 Å². The Bertz CT molecular complexity index is 1660. The molecule has 1 aromatic heterocycles. The summed E-state index contributed by atoms with van der Waals surface area (Å²) in [7, 11) is 0. The Morgan fingerprint density at radius 2 is 1.69 bits per heavy atom. The number of hydrogen-bond acceptors (Lipinski definition) is 6. The number of likely N-dealkylation sites (tertiary alicyclic amines) is 1. The molecule has 0 spiro atoms. The van der Waals surface area contributed by atoms with Gasteiger partial charge in [0.25, 0.3) is 0 Å². The molecular weight excluding hydrogens is 593 g/mol. The molecule has 8 nitrogen and oxygen atoms in total. The average molecular weight is 626 g/mol. The molecule has 13 heteroatoms. The molecule has 2 heterocycles. The molecule has 4 aromatic rings. The molecule has 0 aliphatic carbocycles. The van der Waals surface area contributed by atoms with Gasteiger partial charge in [0.15, 0.2) is 0 Å². The number of carbonyl (C=O) groups is 1. The highest BCUT2D eigenvalue weighted by Crippen LogP contribution is 2.33. The Morgan fingerprint density at radius 3 is 2.42 bits per heavy atom. The number of aryl methyl sites for hydroxylation is 1. The van der Waals surface area contributed by atoms with Gasteiger partial charge in [0.2, 0.25) is 5.95 Å². The predicted octanol–water partition coefficient (Wildman–Crippen LogP) is 8.03. The van der Waals surface area contributed by atoms with E-state index in [1.54, 1.807) is 12.3 Å². The van der Waals surface area contributed by atoms with Crippen LogP contribution in [0.1, 0.15) is 30.4 Å². The highest BCUT2D eigenvalue weighted by molar-refractivity contribution is 6.00. The minimum Gasteiger partial charge on any atom is -0.368 e. The summed E-state index contributed by atoms with van der Waals surface area (Å²) >= 11 is 0. The SMILES string of the molecule is Cc1cccc(Nc2ncc(-c3ccc(NC(=O)Nc4cc(C(F)(F)F)ccc4F)c(F)c3)c(NCCN3CCCCC3)n2)c1. The van der Waals surface area contributed by atoms with Crippen molar-refractivity contribution in [1.82, 2.24) is 14.9 Å². The molecule has 236 valence electrons. The van der Waals surface area contributed by atoms with Crippen molar-refractivity contribution < 1.29 is 26.7 Å². The van der Waals surface area contributed by atoms with Crippen molar-refractivity contribution >= 4 is 34.9 Å². The van der Waals surface area contributed by atoms with Crippen LogP contribution < -0.4 is 21.3 Å². The third-order valence-electron chi connectivity index (χ3n) is 7.30. The van der Waals surface area contributed by atoms with Crippen LogP contribution in [-0.2, 0) is 6.18 Å². The van der Waals surface area contributed by atoms with E-state index in [0.29, 0.717) is 47.6 Å². The van der Waals surface area contributed by atoms with Gasteiger partial charge in [-0.05, 0) is 86.4 Å². The lowest BCUT2D eigenvalue weighted by atomic mass is 10.1. The third kappa shape index (κ3) is 8.44. The average Bonchev–Trinajstić information content (AvgIpc) is 2.99. The van der Waals surface area contributed by atoms with Crippen LogP contribution in [0.3, 0.4) is 0 Å². The first kappa shape index (κ1) is 31.6. The summed E-state index contributed by atoms with van der Waals surface area (Å²) in [6, 6.07) is 12.3. The van der Waals surface area contributed by atoms with E-state index in [1.807, 2.05) is 36.5 Å². The number of rotatable bonds is 9. The molecule has 0 atom stereocenters. The van der Waals surface area contributed by atoms with Crippen molar-refractivity contribution in [2.45, 2.75) is 32.4 Å². The van der Waals surface area contributed by atoms with E-state index in [-0.39, 0.29) is 5.69 Å². The summed E-state index contributed by atoms with van der Waals surface area (Å²) in [5.41, 5.74) is 0.714. The van der Waals surface area contributed by atoms with Crippen molar-refractivity contribution in [2.75, 3.05) is 47.4 Å². The van der Waals surface area contributed by atoms with E-state index in [1.165, 1.54) is 18.6 Å². The quantitative estimate of drug-likeness (QED) is 0.141. The molecule has 4 N–H and O–H groups in total. The number of alkyl halides is 3. The molecule has 45 heavy (non-hydrogen) atoms. The van der Waals surface area contributed by atoms with Gasteiger partial charge in [0, 0.05) is 30.5 Å². The summed E-state index contributed by atoms with van der Waals surface area (Å²) < 4.78 is 68.3. The molecule has 0 saturated carbocycles. The molecule has 0 bridgehead atoms. The molecule has 1 fully saturated rings. The Morgan fingerprint density at radius 1 is 0.911 bits per heavy atom. The maximum atomic E-state index is 15.2. The zero-order chi connectivity index (χ0) is 32.0. The summed E-state index contributed by atoms with van der Waals surface area (Å²) in [6.07, 6.45) is 0.391. The van der Waals surface area contributed by atoms with Crippen LogP contribution in [0, 0.1) is 18.6 Å². The van der Waals surface area contributed by atoms with Gasteiger partial charge < -0.3 is 26.2 Å². The molecule has 5 rings (SSSR count). The highest BCUT2D eigenvalue weighted by atomic mass is 19.4. The number of urea groups is 1. The fraction of sp³-hybridized carbons (Fsp3) is 0.281. The first-order valence-electron chi connectivity index (χ1n) is 14.5. The maximum Gasteiger partial charge on any atom is 0.416 e. The lowest BCUT2D eigenvalue weighted by Gasteiger charge is -2.26. The Balaban J connectivity index is 1.33. The van der Waals surface area contributed by atoms with Gasteiger partial charge in [-0.1, -0.05) is 24.6 Å². The summed E-state index contributed by atoms with van der Waals surface area (Å²) in [5, 5.41) is 10.8. The van der Waals surface area contributed by atoms with Crippen LogP contribution in [0.5, 0.6) is 0 Å². The summed E-state index contributed by atoms with van der Waals surface area (Å²) in [5.74, 6) is -1.07.